The predicted molar refractivity (Wildman–Crippen MR) is 76.8 cm³/mol. The van der Waals surface area contributed by atoms with Crippen LogP contribution in [-0.2, 0) is 9.59 Å². The molecule has 0 fully saturated rings. The van der Waals surface area contributed by atoms with Crippen molar-refractivity contribution in [3.63, 3.8) is 0 Å². The summed E-state index contributed by atoms with van der Waals surface area (Å²) < 4.78 is 0. The van der Waals surface area contributed by atoms with E-state index in [2.05, 4.69) is 6.58 Å². The standard InChI is InChI=1S/C15H27NO3/c1-7-10(4)11(5)14(17)16(12(6)15(18)19)13(8-2)9-3/h8,10-13H,2,7,9H2,1,3-6H3,(H,18,19)/t10-,11-,12-,13-/m0/s1. The Bertz CT molecular complexity index is 325. The Labute approximate surface area is 116 Å². The van der Waals surface area contributed by atoms with Crippen LogP contribution in [0.25, 0.3) is 0 Å². The Morgan fingerprint density at radius 1 is 1.21 bits per heavy atom. The number of aliphatic carboxylic acids is 1. The Hall–Kier alpha value is -1.32. The van der Waals surface area contributed by atoms with Crippen LogP contribution in [0.5, 0.6) is 0 Å². The molecule has 110 valence electrons. The van der Waals surface area contributed by atoms with Crippen LogP contribution in [-0.4, -0.2) is 34.0 Å². The molecule has 0 bridgehead atoms. The highest BCUT2D eigenvalue weighted by atomic mass is 16.4. The van der Waals surface area contributed by atoms with Gasteiger partial charge in [-0.25, -0.2) is 4.79 Å². The molecule has 0 saturated heterocycles. The number of carbonyl (C=O) groups excluding carboxylic acids is 1. The molecule has 19 heavy (non-hydrogen) atoms. The SMILES string of the molecule is C=C[C@@H](CC)N(C(=O)[C@@H](C)[C@@H](C)CC)[C@@H](C)C(=O)O. The van der Waals surface area contributed by atoms with E-state index in [1.807, 2.05) is 27.7 Å². The lowest BCUT2D eigenvalue weighted by Crippen LogP contribution is -2.51. The first kappa shape index (κ1) is 17.7. The summed E-state index contributed by atoms with van der Waals surface area (Å²) in [6.45, 7) is 13.1. The number of rotatable bonds is 8. The van der Waals surface area contributed by atoms with E-state index in [0.717, 1.165) is 6.42 Å². The second-order valence-corrected chi connectivity index (χ2v) is 5.15. The van der Waals surface area contributed by atoms with Crippen molar-refractivity contribution in [2.45, 2.75) is 59.5 Å². The van der Waals surface area contributed by atoms with Gasteiger partial charge in [0.2, 0.25) is 5.91 Å². The van der Waals surface area contributed by atoms with E-state index >= 15 is 0 Å². The van der Waals surface area contributed by atoms with E-state index in [1.54, 1.807) is 13.0 Å². The first-order valence-corrected chi connectivity index (χ1v) is 6.99. The van der Waals surface area contributed by atoms with Crippen LogP contribution in [0.1, 0.15) is 47.5 Å². The van der Waals surface area contributed by atoms with Crippen LogP contribution in [0.2, 0.25) is 0 Å². The first-order valence-electron chi connectivity index (χ1n) is 6.99. The Balaban J connectivity index is 5.29. The highest BCUT2D eigenvalue weighted by Gasteiger charge is 2.33. The average molecular weight is 269 g/mol. The Kier molecular flexibility index (Phi) is 7.42. The van der Waals surface area contributed by atoms with Crippen LogP contribution in [0.15, 0.2) is 12.7 Å². The lowest BCUT2D eigenvalue weighted by atomic mass is 9.91. The Morgan fingerprint density at radius 2 is 1.74 bits per heavy atom. The largest absolute Gasteiger partial charge is 0.480 e. The van der Waals surface area contributed by atoms with E-state index < -0.39 is 12.0 Å². The summed E-state index contributed by atoms with van der Waals surface area (Å²) in [5.74, 6) is -1.03. The molecular weight excluding hydrogens is 242 g/mol. The lowest BCUT2D eigenvalue weighted by Gasteiger charge is -2.35. The molecule has 0 aliphatic heterocycles. The summed E-state index contributed by atoms with van der Waals surface area (Å²) in [7, 11) is 0. The van der Waals surface area contributed by atoms with Gasteiger partial charge in [-0.1, -0.05) is 40.2 Å². The molecule has 0 aliphatic rings. The van der Waals surface area contributed by atoms with Crippen molar-refractivity contribution in [2.24, 2.45) is 11.8 Å². The lowest BCUT2D eigenvalue weighted by molar-refractivity contribution is -0.153. The molecule has 0 aliphatic carbocycles. The fourth-order valence-corrected chi connectivity index (χ4v) is 2.07. The van der Waals surface area contributed by atoms with E-state index in [4.69, 9.17) is 0 Å². The second-order valence-electron chi connectivity index (χ2n) is 5.15. The number of carbonyl (C=O) groups is 2. The van der Waals surface area contributed by atoms with Gasteiger partial charge in [0.15, 0.2) is 0 Å². The third-order valence-electron chi connectivity index (χ3n) is 3.96. The summed E-state index contributed by atoms with van der Waals surface area (Å²) in [5, 5.41) is 9.19. The third-order valence-corrected chi connectivity index (χ3v) is 3.96. The second kappa shape index (κ2) is 7.97. The van der Waals surface area contributed by atoms with Gasteiger partial charge < -0.3 is 10.0 Å². The summed E-state index contributed by atoms with van der Waals surface area (Å²) in [4.78, 5) is 25.2. The molecule has 0 spiro atoms. The number of carboxylic acids is 1. The van der Waals surface area contributed by atoms with Crippen molar-refractivity contribution in [1.82, 2.24) is 4.90 Å². The first-order chi connectivity index (χ1) is 8.81. The fraction of sp³-hybridized carbons (Fsp3) is 0.733. The quantitative estimate of drug-likeness (QED) is 0.689. The van der Waals surface area contributed by atoms with Gasteiger partial charge in [-0.3, -0.25) is 4.79 Å². The molecular formula is C15H27NO3. The normalized spacial score (nSPS) is 17.1. The molecule has 0 saturated carbocycles. The van der Waals surface area contributed by atoms with Crippen molar-refractivity contribution in [1.29, 1.82) is 0 Å². The van der Waals surface area contributed by atoms with Crippen LogP contribution in [0, 0.1) is 11.8 Å². The van der Waals surface area contributed by atoms with E-state index in [-0.39, 0.29) is 23.8 Å². The predicted octanol–water partition coefficient (Wildman–Crippen LogP) is 2.93. The maximum absolute atomic E-state index is 12.6. The number of amides is 1. The van der Waals surface area contributed by atoms with Crippen LogP contribution in [0.4, 0.5) is 0 Å². The van der Waals surface area contributed by atoms with Crippen LogP contribution in [0.3, 0.4) is 0 Å². The molecule has 0 radical (unpaired) electrons. The number of carboxylic acid groups (broad SMARTS) is 1. The topological polar surface area (TPSA) is 57.6 Å². The molecule has 4 heteroatoms. The molecule has 0 unspecified atom stereocenters. The van der Waals surface area contributed by atoms with Gasteiger partial charge in [0, 0.05) is 5.92 Å². The van der Waals surface area contributed by atoms with E-state index in [9.17, 15) is 14.7 Å². The molecule has 0 aromatic carbocycles. The zero-order chi connectivity index (χ0) is 15.2. The molecule has 0 heterocycles. The van der Waals surface area contributed by atoms with Crippen molar-refractivity contribution >= 4 is 11.9 Å². The minimum absolute atomic E-state index is 0.101. The molecule has 0 aromatic rings. The van der Waals surface area contributed by atoms with Gasteiger partial charge in [-0.05, 0) is 19.3 Å². The Morgan fingerprint density at radius 3 is 2.05 bits per heavy atom. The van der Waals surface area contributed by atoms with Crippen molar-refractivity contribution < 1.29 is 14.7 Å². The third kappa shape index (κ3) is 4.37. The van der Waals surface area contributed by atoms with Crippen molar-refractivity contribution in [3.05, 3.63) is 12.7 Å². The summed E-state index contributed by atoms with van der Waals surface area (Å²) in [5.41, 5.74) is 0. The van der Waals surface area contributed by atoms with E-state index in [1.165, 1.54) is 4.90 Å². The molecule has 4 atom stereocenters. The van der Waals surface area contributed by atoms with Crippen molar-refractivity contribution in [2.75, 3.05) is 0 Å². The molecule has 4 nitrogen and oxygen atoms in total. The molecule has 0 rings (SSSR count). The monoisotopic (exact) mass is 269 g/mol. The van der Waals surface area contributed by atoms with E-state index in [0.29, 0.717) is 6.42 Å². The van der Waals surface area contributed by atoms with Gasteiger partial charge in [-0.2, -0.15) is 0 Å². The summed E-state index contributed by atoms with van der Waals surface area (Å²) in [6, 6.07) is -1.06. The maximum Gasteiger partial charge on any atom is 0.326 e. The summed E-state index contributed by atoms with van der Waals surface area (Å²) in [6.07, 6.45) is 3.22. The smallest absolute Gasteiger partial charge is 0.326 e. The fourth-order valence-electron chi connectivity index (χ4n) is 2.07. The maximum atomic E-state index is 12.6. The van der Waals surface area contributed by atoms with Gasteiger partial charge in [0.25, 0.3) is 0 Å². The zero-order valence-electron chi connectivity index (χ0n) is 12.7. The zero-order valence-corrected chi connectivity index (χ0v) is 12.7. The van der Waals surface area contributed by atoms with Gasteiger partial charge in [-0.15, -0.1) is 6.58 Å². The molecule has 1 N–H and O–H groups in total. The number of hydrogen-bond donors (Lipinski definition) is 1. The van der Waals surface area contributed by atoms with Gasteiger partial charge >= 0.3 is 5.97 Å². The minimum Gasteiger partial charge on any atom is -0.480 e. The van der Waals surface area contributed by atoms with Gasteiger partial charge in [0.05, 0.1) is 6.04 Å². The molecule has 0 aromatic heterocycles. The summed E-state index contributed by atoms with van der Waals surface area (Å²) >= 11 is 0. The number of hydrogen-bond acceptors (Lipinski definition) is 2. The number of nitrogens with zero attached hydrogens (tertiary/aromatic N) is 1. The van der Waals surface area contributed by atoms with Crippen molar-refractivity contribution in [3.8, 4) is 0 Å². The highest BCUT2D eigenvalue weighted by molar-refractivity contribution is 5.85. The van der Waals surface area contributed by atoms with Crippen LogP contribution < -0.4 is 0 Å². The minimum atomic E-state index is -0.981. The molecule has 1 amide bonds. The average Bonchev–Trinajstić information content (AvgIpc) is 2.41. The van der Waals surface area contributed by atoms with Gasteiger partial charge in [0.1, 0.15) is 6.04 Å². The van der Waals surface area contributed by atoms with Crippen LogP contribution >= 0.6 is 0 Å². The highest BCUT2D eigenvalue weighted by Crippen LogP contribution is 2.22.